The Morgan fingerprint density at radius 1 is 0.699 bits per heavy atom. The maximum Gasteiger partial charge on any atom is 2.00 e. The monoisotopic (exact) mass is 1010 g/mol. The number of likely N-dealkylation sites (tertiary alicyclic amines) is 3. The van der Waals surface area contributed by atoms with Gasteiger partial charge < -0.3 is 35.6 Å². The molecule has 0 radical (unpaired) electrons. The van der Waals surface area contributed by atoms with Crippen LogP contribution in [0.3, 0.4) is 0 Å². The molecule has 382 valence electrons. The van der Waals surface area contributed by atoms with Crippen molar-refractivity contribution in [3.8, 4) is 23.0 Å². The molecule has 8 bridgehead atoms. The summed E-state index contributed by atoms with van der Waals surface area (Å²) in [5.41, 5.74) is 18.7. The molecule has 10 fully saturated rings. The molecule has 9 nitrogen and oxygen atoms in total. The number of para-hydroxylation sites is 1. The minimum absolute atomic E-state index is 0. The van der Waals surface area contributed by atoms with Crippen LogP contribution < -0.4 is 45.1 Å². The minimum atomic E-state index is 0. The van der Waals surface area contributed by atoms with Crippen molar-refractivity contribution in [1.82, 2.24) is 20.0 Å². The number of methoxy groups -OCH3 is 1. The maximum absolute atomic E-state index is 10.4. The van der Waals surface area contributed by atoms with Crippen molar-refractivity contribution >= 4 is 37.7 Å². The van der Waals surface area contributed by atoms with Crippen LogP contribution in [0.25, 0.3) is 0 Å². The van der Waals surface area contributed by atoms with Crippen molar-refractivity contribution in [1.29, 1.82) is 0 Å². The van der Waals surface area contributed by atoms with Crippen molar-refractivity contribution in [2.45, 2.75) is 131 Å². The van der Waals surface area contributed by atoms with Gasteiger partial charge in [0.15, 0.2) is 11.5 Å². The molecule has 8 aliphatic carbocycles. The number of nitrogens with one attached hydrogen (secondary N) is 1. The average Bonchev–Trinajstić information content (AvgIpc) is 4.30. The molecule has 73 heavy (non-hydrogen) atoms. The van der Waals surface area contributed by atoms with Gasteiger partial charge in [-0.15, -0.1) is 0 Å². The van der Waals surface area contributed by atoms with E-state index in [1.807, 2.05) is 13.2 Å². The van der Waals surface area contributed by atoms with E-state index in [0.717, 1.165) is 71.9 Å². The summed E-state index contributed by atoms with van der Waals surface area (Å²) in [7, 11) is 1.82. The molecule has 4 saturated heterocycles. The first-order valence-corrected chi connectivity index (χ1v) is 28.5. The van der Waals surface area contributed by atoms with Gasteiger partial charge in [0.1, 0.15) is 11.5 Å². The van der Waals surface area contributed by atoms with Crippen LogP contribution in [0.2, 0.25) is 0 Å². The second-order valence-electron chi connectivity index (χ2n) is 25.1. The fourth-order valence-corrected chi connectivity index (χ4v) is 19.8. The zero-order chi connectivity index (χ0) is 47.7. The standard InChI is InChI=1S/C37H42N2O2.C23H30N2O.C2H8N2.Ca.Li.3H/c1-40-31-15-14-27-20-32-36-17-16-30-33(28(21-36)24-39(30)23-25-8-4-2-5-9-25)37(36,18-19-38(32)22-26-12-13-26)34(27)35(31)41-29-10-6-3-7-11-29;26-17-4-3-15-9-20-22-6-5-19-21(16(11-22)12-24-19)23(22,18(15)10-17)7-8-25(20)13-14-1-2-14;3-1-2-4;;;;;/h2-11,14-15,26,28,30,32-33H,12-13,16-24H2,1H3;3-4,10,14,16,19-21,24,26H,1-2,5-9,11-13H2;1-4H2;;;;;/q;;;+2;+1;3*-1. The second kappa shape index (κ2) is 20.0. The molecule has 16 rings (SSSR count). The normalized spacial score (nSPS) is 37.4. The van der Waals surface area contributed by atoms with Crippen molar-refractivity contribution in [3.63, 3.8) is 0 Å². The number of aromatic hydroxyl groups is 1. The van der Waals surface area contributed by atoms with E-state index in [-0.39, 0.29) is 66.3 Å². The molecule has 0 aromatic heterocycles. The number of hydrogen-bond donors (Lipinski definition) is 4. The predicted octanol–water partition coefficient (Wildman–Crippen LogP) is 5.99. The smallest absolute Gasteiger partial charge is 1.00 e. The van der Waals surface area contributed by atoms with Gasteiger partial charge in [0, 0.05) is 79.8 Å². The first-order valence-electron chi connectivity index (χ1n) is 28.5. The van der Waals surface area contributed by atoms with Crippen molar-refractivity contribution in [3.05, 3.63) is 119 Å². The molecular weight excluding hydrogens is 924 g/mol. The van der Waals surface area contributed by atoms with Crippen molar-refractivity contribution in [2.75, 3.05) is 59.5 Å². The van der Waals surface area contributed by atoms with Gasteiger partial charge in [-0.2, -0.15) is 0 Å². The molecule has 0 spiro atoms. The number of fused-ring (bicyclic) bond motifs is 2. The van der Waals surface area contributed by atoms with Gasteiger partial charge in [0.2, 0.25) is 0 Å². The fraction of sp³-hybridized carbons (Fsp3) is 0.613. The number of piperidine rings is 2. The van der Waals surface area contributed by atoms with E-state index in [1.165, 1.54) is 139 Å². The van der Waals surface area contributed by atoms with Gasteiger partial charge in [-0.3, -0.25) is 14.7 Å². The number of nitrogens with zero attached hydrogens (tertiary/aromatic N) is 3. The van der Waals surface area contributed by atoms with E-state index < -0.39 is 0 Å². The summed E-state index contributed by atoms with van der Waals surface area (Å²) >= 11 is 0. The predicted molar refractivity (Wildman–Crippen MR) is 290 cm³/mol. The molecule has 4 aromatic carbocycles. The summed E-state index contributed by atoms with van der Waals surface area (Å²) in [5.74, 6) is 8.35. The van der Waals surface area contributed by atoms with Crippen LogP contribution in [0, 0.1) is 46.3 Å². The van der Waals surface area contributed by atoms with Crippen LogP contribution in [0.4, 0.5) is 0 Å². The quantitative estimate of drug-likeness (QED) is 0.143. The summed E-state index contributed by atoms with van der Waals surface area (Å²) in [4.78, 5) is 8.78. The van der Waals surface area contributed by atoms with Gasteiger partial charge in [0.05, 0.1) is 7.11 Å². The first kappa shape index (κ1) is 51.6. The number of benzene rings is 4. The molecule has 12 atom stereocenters. The largest absolute Gasteiger partial charge is 2.00 e. The second-order valence-corrected chi connectivity index (χ2v) is 25.1. The number of nitrogens with two attached hydrogens (primary N) is 2. The van der Waals surface area contributed by atoms with E-state index in [2.05, 4.69) is 105 Å². The Kier molecular flexibility index (Phi) is 14.1. The number of rotatable bonds is 10. The number of phenolic OH excluding ortho intramolecular Hbond substituents is 1. The van der Waals surface area contributed by atoms with Crippen LogP contribution in [0.15, 0.2) is 91.0 Å². The number of ether oxygens (including phenoxy) is 2. The SMILES string of the molecule is COc1ccc2c(c1Oc1ccccc1)C13CCN(CC4CC4)C(C2)C12CCC1C3C(CN1Cc1ccccc1)C2.NCCN.Oc1ccc2c(c1)C13CCN(CC4CC4)C(C2)C12CCC1NCC(C2)C13.[Ca+2].[H-].[H-].[H-].[Li+]. The molecule has 12 unspecified atom stereocenters. The van der Waals surface area contributed by atoms with Crippen LogP contribution in [-0.4, -0.2) is 141 Å². The fourth-order valence-electron chi connectivity index (χ4n) is 19.8. The topological polar surface area (TPSA) is 112 Å². The van der Waals surface area contributed by atoms with Crippen molar-refractivity contribution in [2.24, 2.45) is 57.8 Å². The zero-order valence-electron chi connectivity index (χ0n) is 47.2. The van der Waals surface area contributed by atoms with Gasteiger partial charge in [-0.1, -0.05) is 60.7 Å². The van der Waals surface area contributed by atoms with Gasteiger partial charge in [-0.25, -0.2) is 0 Å². The van der Waals surface area contributed by atoms with E-state index in [1.54, 1.807) is 11.1 Å². The van der Waals surface area contributed by atoms with E-state index >= 15 is 0 Å². The molecular formula is C62H83CaLiN6O3. The first-order chi connectivity index (χ1) is 34.8. The van der Waals surface area contributed by atoms with E-state index in [4.69, 9.17) is 20.9 Å². The Labute approximate surface area is 482 Å². The molecule has 6 N–H and O–H groups in total. The number of hydrogen-bond acceptors (Lipinski definition) is 9. The Balaban J connectivity index is 0.000000175. The summed E-state index contributed by atoms with van der Waals surface area (Å²) in [6.45, 7) is 9.96. The molecule has 12 aliphatic rings. The van der Waals surface area contributed by atoms with Crippen LogP contribution >= 0.6 is 0 Å². The average molecular weight is 1010 g/mol. The third-order valence-corrected chi connectivity index (χ3v) is 22.2. The summed E-state index contributed by atoms with van der Waals surface area (Å²) in [6.07, 6.45) is 19.1. The molecule has 0 amide bonds. The van der Waals surface area contributed by atoms with Gasteiger partial charge in [0.25, 0.3) is 0 Å². The van der Waals surface area contributed by atoms with Crippen LogP contribution in [0.1, 0.15) is 109 Å². The Morgan fingerprint density at radius 3 is 2.01 bits per heavy atom. The summed E-state index contributed by atoms with van der Waals surface area (Å²) in [6, 6.07) is 35.4. The van der Waals surface area contributed by atoms with E-state index in [0.29, 0.717) is 53.1 Å². The van der Waals surface area contributed by atoms with Crippen molar-refractivity contribution < 1.29 is 37.7 Å². The Morgan fingerprint density at radius 2 is 1.33 bits per heavy atom. The van der Waals surface area contributed by atoms with E-state index in [9.17, 15) is 5.11 Å². The Bertz CT molecular complexity index is 2660. The molecule has 11 heteroatoms. The number of phenols is 1. The Hall–Kier alpha value is -2.10. The van der Waals surface area contributed by atoms with Crippen LogP contribution in [-0.2, 0) is 30.2 Å². The van der Waals surface area contributed by atoms with Gasteiger partial charge >= 0.3 is 56.6 Å². The minimum Gasteiger partial charge on any atom is -1.00 e. The summed E-state index contributed by atoms with van der Waals surface area (Å²) < 4.78 is 13.0. The molecule has 6 saturated carbocycles. The third kappa shape index (κ3) is 7.91. The van der Waals surface area contributed by atoms with Crippen LogP contribution in [0.5, 0.6) is 23.0 Å². The van der Waals surface area contributed by atoms with Gasteiger partial charge in [-0.05, 0) is 208 Å². The molecule has 4 aliphatic heterocycles. The maximum atomic E-state index is 10.4. The molecule has 4 aromatic rings. The zero-order valence-corrected chi connectivity index (χ0v) is 46.4. The summed E-state index contributed by atoms with van der Waals surface area (Å²) in [5, 5.41) is 14.3. The third-order valence-electron chi connectivity index (χ3n) is 22.2. The molecule has 4 heterocycles.